The van der Waals surface area contributed by atoms with E-state index in [1.807, 2.05) is 12.1 Å². The largest absolute Gasteiger partial charge is 0.382 e. The molecule has 1 N–H and O–H groups in total. The van der Waals surface area contributed by atoms with E-state index in [0.29, 0.717) is 6.04 Å². The normalized spacial score (nSPS) is 22.3. The van der Waals surface area contributed by atoms with Crippen LogP contribution in [-0.2, 0) is 0 Å². The van der Waals surface area contributed by atoms with Crippen LogP contribution in [0.4, 0.5) is 5.69 Å². The summed E-state index contributed by atoms with van der Waals surface area (Å²) in [5.41, 5.74) is 2.87. The second-order valence-electron chi connectivity index (χ2n) is 6.35. The van der Waals surface area contributed by atoms with Crippen molar-refractivity contribution in [1.82, 2.24) is 0 Å². The minimum Gasteiger partial charge on any atom is -0.382 e. The van der Waals surface area contributed by atoms with E-state index in [-0.39, 0.29) is 0 Å². The number of rotatable bonds is 2. The number of benzene rings is 1. The summed E-state index contributed by atoms with van der Waals surface area (Å²) in [5.74, 6) is 2.70. The zero-order valence-corrected chi connectivity index (χ0v) is 11.6. The van der Waals surface area contributed by atoms with Crippen molar-refractivity contribution < 1.29 is 0 Å². The van der Waals surface area contributed by atoms with E-state index >= 15 is 0 Å². The molecule has 1 nitrogen and oxygen atoms in total. The quantitative estimate of drug-likeness (QED) is 0.761. The summed E-state index contributed by atoms with van der Waals surface area (Å²) < 4.78 is 0. The van der Waals surface area contributed by atoms with Crippen LogP contribution in [0.25, 0.3) is 0 Å². The molecule has 0 unspecified atom stereocenters. The van der Waals surface area contributed by atoms with E-state index in [0.717, 1.165) is 11.0 Å². The fraction of sp³-hybridized carbons (Fsp3) is 0.556. The molecule has 0 bridgehead atoms. The molecule has 2 saturated carbocycles. The lowest BCUT2D eigenvalue weighted by Gasteiger charge is -2.37. The number of hydrogen-bond donors (Lipinski definition) is 1. The lowest BCUT2D eigenvalue weighted by Crippen LogP contribution is -2.31. The monoisotopic (exact) mass is 253 g/mol. The first-order chi connectivity index (χ1) is 9.30. The zero-order chi connectivity index (χ0) is 13.1. The van der Waals surface area contributed by atoms with Gasteiger partial charge in [-0.1, -0.05) is 24.8 Å². The van der Waals surface area contributed by atoms with Gasteiger partial charge >= 0.3 is 0 Å². The van der Waals surface area contributed by atoms with Crippen molar-refractivity contribution >= 4 is 5.69 Å². The maximum absolute atomic E-state index is 5.45. The Labute approximate surface area is 116 Å². The van der Waals surface area contributed by atoms with Gasteiger partial charge in [-0.15, -0.1) is 6.42 Å². The lowest BCUT2D eigenvalue weighted by molar-refractivity contribution is 0.188. The van der Waals surface area contributed by atoms with E-state index in [2.05, 4.69) is 23.4 Å². The lowest BCUT2D eigenvalue weighted by atomic mass is 9.71. The maximum atomic E-state index is 5.45. The fourth-order valence-electron chi connectivity index (χ4n) is 3.93. The highest BCUT2D eigenvalue weighted by Crippen LogP contribution is 2.49. The Bertz CT molecular complexity index is 467. The van der Waals surface area contributed by atoms with Crippen LogP contribution in [0.2, 0.25) is 0 Å². The van der Waals surface area contributed by atoms with E-state index in [4.69, 9.17) is 6.42 Å². The topological polar surface area (TPSA) is 12.0 Å². The summed E-state index contributed by atoms with van der Waals surface area (Å²) >= 11 is 0. The molecule has 0 aromatic heterocycles. The highest BCUT2D eigenvalue weighted by atomic mass is 14.9. The first-order valence-electron chi connectivity index (χ1n) is 7.63. The molecule has 100 valence electrons. The first kappa shape index (κ1) is 12.6. The maximum Gasteiger partial charge on any atom is 0.0354 e. The van der Waals surface area contributed by atoms with Crippen molar-refractivity contribution in [2.45, 2.75) is 57.4 Å². The van der Waals surface area contributed by atoms with Crippen molar-refractivity contribution in [2.75, 3.05) is 5.32 Å². The van der Waals surface area contributed by atoms with Crippen molar-refractivity contribution in [2.24, 2.45) is 5.41 Å². The number of terminal acetylenes is 1. The molecule has 2 aliphatic rings. The summed E-state index contributed by atoms with van der Waals surface area (Å²) in [7, 11) is 0. The van der Waals surface area contributed by atoms with Gasteiger partial charge in [0.2, 0.25) is 0 Å². The average Bonchev–Trinajstić information content (AvgIpc) is 2.90. The third-order valence-electron chi connectivity index (χ3n) is 5.11. The van der Waals surface area contributed by atoms with Crippen LogP contribution >= 0.6 is 0 Å². The van der Waals surface area contributed by atoms with Gasteiger partial charge in [0.25, 0.3) is 0 Å². The third kappa shape index (κ3) is 2.78. The molecule has 1 heteroatoms. The van der Waals surface area contributed by atoms with Crippen molar-refractivity contribution in [3.8, 4) is 12.3 Å². The van der Waals surface area contributed by atoms with Crippen LogP contribution in [0.15, 0.2) is 24.3 Å². The minimum absolute atomic E-state index is 0.638. The van der Waals surface area contributed by atoms with E-state index in [1.54, 1.807) is 0 Å². The Kier molecular flexibility index (Phi) is 3.51. The molecule has 0 amide bonds. The summed E-state index contributed by atoms with van der Waals surface area (Å²) in [6.07, 6.45) is 16.8. The molecule has 2 aliphatic carbocycles. The van der Waals surface area contributed by atoms with Crippen LogP contribution in [0.5, 0.6) is 0 Å². The average molecular weight is 253 g/mol. The van der Waals surface area contributed by atoms with Crippen molar-refractivity contribution in [3.05, 3.63) is 29.8 Å². The van der Waals surface area contributed by atoms with Gasteiger partial charge in [-0.25, -0.2) is 0 Å². The van der Waals surface area contributed by atoms with Gasteiger partial charge in [0.1, 0.15) is 0 Å². The second-order valence-corrected chi connectivity index (χ2v) is 6.35. The Morgan fingerprint density at radius 1 is 1.11 bits per heavy atom. The molecule has 1 aromatic carbocycles. The zero-order valence-electron chi connectivity index (χ0n) is 11.6. The Balaban J connectivity index is 1.58. The predicted octanol–water partition coefficient (Wildman–Crippen LogP) is 4.58. The smallest absolute Gasteiger partial charge is 0.0354 e. The molecule has 0 radical (unpaired) electrons. The van der Waals surface area contributed by atoms with Crippen LogP contribution in [-0.4, -0.2) is 6.04 Å². The van der Waals surface area contributed by atoms with Gasteiger partial charge in [0, 0.05) is 17.3 Å². The Morgan fingerprint density at radius 2 is 1.84 bits per heavy atom. The molecule has 19 heavy (non-hydrogen) atoms. The van der Waals surface area contributed by atoms with Crippen LogP contribution in [0.1, 0.15) is 56.9 Å². The molecule has 3 rings (SSSR count). The SMILES string of the molecule is C#Cc1cccc(NC2CCC3(CCCC3)CC2)c1. The van der Waals surface area contributed by atoms with Crippen LogP contribution in [0, 0.1) is 17.8 Å². The van der Waals surface area contributed by atoms with Crippen molar-refractivity contribution in [1.29, 1.82) is 0 Å². The van der Waals surface area contributed by atoms with Gasteiger partial charge in [0.05, 0.1) is 0 Å². The highest BCUT2D eigenvalue weighted by molar-refractivity contribution is 5.50. The molecular weight excluding hydrogens is 230 g/mol. The van der Waals surface area contributed by atoms with Gasteiger partial charge in [-0.3, -0.25) is 0 Å². The van der Waals surface area contributed by atoms with E-state index < -0.39 is 0 Å². The van der Waals surface area contributed by atoms with Gasteiger partial charge in [-0.05, 0) is 62.1 Å². The molecule has 0 saturated heterocycles. The van der Waals surface area contributed by atoms with E-state index in [9.17, 15) is 0 Å². The third-order valence-corrected chi connectivity index (χ3v) is 5.11. The van der Waals surface area contributed by atoms with Crippen LogP contribution in [0.3, 0.4) is 0 Å². The molecule has 0 heterocycles. The van der Waals surface area contributed by atoms with Gasteiger partial charge < -0.3 is 5.32 Å². The molecule has 1 spiro atoms. The Morgan fingerprint density at radius 3 is 2.53 bits per heavy atom. The second kappa shape index (κ2) is 5.29. The number of hydrogen-bond acceptors (Lipinski definition) is 1. The number of nitrogens with one attached hydrogen (secondary N) is 1. The minimum atomic E-state index is 0.638. The van der Waals surface area contributed by atoms with Crippen molar-refractivity contribution in [3.63, 3.8) is 0 Å². The number of anilines is 1. The summed E-state index contributed by atoms with van der Waals surface area (Å²) in [4.78, 5) is 0. The fourth-order valence-corrected chi connectivity index (χ4v) is 3.93. The standard InChI is InChI=1S/C18H23N/c1-2-15-6-5-7-17(14-15)19-16-8-12-18(13-9-16)10-3-4-11-18/h1,5-7,14,16,19H,3-4,8-13H2. The Hall–Kier alpha value is -1.42. The summed E-state index contributed by atoms with van der Waals surface area (Å²) in [6.45, 7) is 0. The summed E-state index contributed by atoms with van der Waals surface area (Å²) in [6, 6.07) is 8.87. The predicted molar refractivity (Wildman–Crippen MR) is 81.2 cm³/mol. The van der Waals surface area contributed by atoms with Crippen LogP contribution < -0.4 is 5.32 Å². The molecular formula is C18H23N. The highest BCUT2D eigenvalue weighted by Gasteiger charge is 2.37. The van der Waals surface area contributed by atoms with Gasteiger partial charge in [0.15, 0.2) is 0 Å². The van der Waals surface area contributed by atoms with E-state index in [1.165, 1.54) is 57.1 Å². The summed E-state index contributed by atoms with van der Waals surface area (Å²) in [5, 5.41) is 3.67. The first-order valence-corrected chi connectivity index (χ1v) is 7.63. The molecule has 1 aromatic rings. The molecule has 2 fully saturated rings. The molecule has 0 atom stereocenters. The molecule has 0 aliphatic heterocycles. The van der Waals surface area contributed by atoms with Gasteiger partial charge in [-0.2, -0.15) is 0 Å².